The van der Waals surface area contributed by atoms with E-state index in [0.29, 0.717) is 26.2 Å². The zero-order chi connectivity index (χ0) is 17.0. The van der Waals surface area contributed by atoms with Crippen LogP contribution in [0.1, 0.15) is 11.6 Å². The van der Waals surface area contributed by atoms with E-state index in [2.05, 4.69) is 5.32 Å². The van der Waals surface area contributed by atoms with E-state index in [1.54, 1.807) is 4.90 Å². The van der Waals surface area contributed by atoms with Crippen LogP contribution in [0.5, 0.6) is 17.2 Å². The number of piperazine rings is 1. The lowest BCUT2D eigenvalue weighted by molar-refractivity contribution is -0.118. The fourth-order valence-electron chi connectivity index (χ4n) is 2.82. The van der Waals surface area contributed by atoms with Crippen LogP contribution >= 0.6 is 0 Å². The Bertz CT molecular complexity index is 511. The third kappa shape index (κ3) is 3.65. The average molecular weight is 332 g/mol. The molecule has 0 bridgehead atoms. The first-order valence-corrected chi connectivity index (χ1v) is 7.33. The minimum Gasteiger partial charge on any atom is -0.502 e. The highest BCUT2D eigenvalue weighted by molar-refractivity contribution is 5.53. The molecule has 1 aliphatic heterocycles. The normalized spacial score (nSPS) is 17.8. The van der Waals surface area contributed by atoms with E-state index in [1.165, 1.54) is 26.4 Å². The standard InChI is InChI=1S/C15H22F2N2O4/c1-22-11-7-10(8-12(23-2)13(11)21)14(15(16,17)9-20)19-5-3-18-4-6-19/h7-8,14,18,20-21H,3-6,9H2,1-2H3/t14-/m0/s1. The predicted octanol–water partition coefficient (Wildman–Crippen LogP) is 0.983. The summed E-state index contributed by atoms with van der Waals surface area (Å²) in [6, 6.07) is 1.38. The number of nitrogens with one attached hydrogen (secondary N) is 1. The second-order valence-electron chi connectivity index (χ2n) is 5.38. The lowest BCUT2D eigenvalue weighted by Gasteiger charge is -2.39. The minimum atomic E-state index is -3.34. The molecule has 0 spiro atoms. The Labute approximate surface area is 133 Å². The summed E-state index contributed by atoms with van der Waals surface area (Å²) in [6.45, 7) is 0.749. The van der Waals surface area contributed by atoms with Crippen molar-refractivity contribution < 1.29 is 28.5 Å². The molecular weight excluding hydrogens is 310 g/mol. The number of methoxy groups -OCH3 is 2. The van der Waals surface area contributed by atoms with Crippen molar-refractivity contribution in [1.29, 1.82) is 0 Å². The highest BCUT2D eigenvalue weighted by Gasteiger charge is 2.44. The van der Waals surface area contributed by atoms with Crippen molar-refractivity contribution in [3.05, 3.63) is 17.7 Å². The molecule has 0 aromatic heterocycles. The number of hydrogen-bond donors (Lipinski definition) is 3. The molecule has 1 aromatic carbocycles. The molecular formula is C15H22F2N2O4. The van der Waals surface area contributed by atoms with Crippen LogP contribution in [0.4, 0.5) is 8.78 Å². The fraction of sp³-hybridized carbons (Fsp3) is 0.600. The number of phenols is 1. The molecule has 0 amide bonds. The van der Waals surface area contributed by atoms with Gasteiger partial charge in [0.15, 0.2) is 11.5 Å². The Morgan fingerprint density at radius 3 is 2.17 bits per heavy atom. The number of ether oxygens (including phenoxy) is 2. The zero-order valence-electron chi connectivity index (χ0n) is 13.2. The van der Waals surface area contributed by atoms with Crippen LogP contribution in [0, 0.1) is 0 Å². The van der Waals surface area contributed by atoms with Crippen LogP contribution in [0.15, 0.2) is 12.1 Å². The summed E-state index contributed by atoms with van der Waals surface area (Å²) < 4.78 is 38.9. The molecule has 1 heterocycles. The largest absolute Gasteiger partial charge is 0.502 e. The summed E-state index contributed by atoms with van der Waals surface area (Å²) in [6.07, 6.45) is 0. The molecule has 1 atom stereocenters. The number of phenolic OH excluding ortho intramolecular Hbond substituents is 1. The number of alkyl halides is 2. The number of aliphatic hydroxyl groups excluding tert-OH is 1. The van der Waals surface area contributed by atoms with Crippen molar-refractivity contribution in [3.8, 4) is 17.2 Å². The van der Waals surface area contributed by atoms with Gasteiger partial charge in [-0.15, -0.1) is 0 Å². The lowest BCUT2D eigenvalue weighted by Crippen LogP contribution is -2.51. The molecule has 0 aliphatic carbocycles. The maximum absolute atomic E-state index is 14.4. The van der Waals surface area contributed by atoms with E-state index in [1.807, 2.05) is 0 Å². The Hall–Kier alpha value is -1.64. The molecule has 6 nitrogen and oxygen atoms in total. The van der Waals surface area contributed by atoms with Gasteiger partial charge in [-0.1, -0.05) is 0 Å². The molecule has 1 fully saturated rings. The molecule has 0 unspecified atom stereocenters. The first-order chi connectivity index (χ1) is 10.9. The summed E-state index contributed by atoms with van der Waals surface area (Å²) in [5, 5.41) is 22.2. The van der Waals surface area contributed by atoms with Gasteiger partial charge in [-0.3, -0.25) is 4.90 Å². The van der Waals surface area contributed by atoms with Gasteiger partial charge in [0, 0.05) is 26.2 Å². The summed E-state index contributed by atoms with van der Waals surface area (Å²) in [7, 11) is 2.67. The number of hydrogen-bond acceptors (Lipinski definition) is 6. The summed E-state index contributed by atoms with van der Waals surface area (Å²) in [5.41, 5.74) is 0.220. The fourth-order valence-corrected chi connectivity index (χ4v) is 2.82. The molecule has 3 N–H and O–H groups in total. The van der Waals surface area contributed by atoms with Gasteiger partial charge in [-0.05, 0) is 17.7 Å². The Balaban J connectivity index is 2.50. The summed E-state index contributed by atoms with van der Waals surface area (Å²) in [4.78, 5) is 1.61. The van der Waals surface area contributed by atoms with Gasteiger partial charge < -0.3 is 25.0 Å². The van der Waals surface area contributed by atoms with Crippen molar-refractivity contribution in [2.75, 3.05) is 47.0 Å². The van der Waals surface area contributed by atoms with Crippen LogP contribution in [-0.2, 0) is 0 Å². The molecule has 8 heteroatoms. The Morgan fingerprint density at radius 2 is 1.74 bits per heavy atom. The monoisotopic (exact) mass is 332 g/mol. The topological polar surface area (TPSA) is 74.2 Å². The van der Waals surface area contributed by atoms with E-state index in [0.717, 1.165) is 0 Å². The maximum Gasteiger partial charge on any atom is 0.289 e. The molecule has 1 aromatic rings. The number of rotatable bonds is 6. The second kappa shape index (κ2) is 7.29. The number of benzene rings is 1. The smallest absolute Gasteiger partial charge is 0.289 e. The van der Waals surface area contributed by atoms with Crippen molar-refractivity contribution in [2.24, 2.45) is 0 Å². The molecule has 0 saturated carbocycles. The second-order valence-corrected chi connectivity index (χ2v) is 5.38. The first-order valence-electron chi connectivity index (χ1n) is 7.33. The Morgan fingerprint density at radius 1 is 1.22 bits per heavy atom. The summed E-state index contributed by atoms with van der Waals surface area (Å²) >= 11 is 0. The van der Waals surface area contributed by atoms with Crippen molar-refractivity contribution >= 4 is 0 Å². The van der Waals surface area contributed by atoms with Crippen LogP contribution in [0.2, 0.25) is 0 Å². The van der Waals surface area contributed by atoms with E-state index >= 15 is 0 Å². The van der Waals surface area contributed by atoms with E-state index in [4.69, 9.17) is 14.6 Å². The molecule has 130 valence electrons. The van der Waals surface area contributed by atoms with Crippen molar-refractivity contribution in [3.63, 3.8) is 0 Å². The van der Waals surface area contributed by atoms with Gasteiger partial charge in [-0.2, -0.15) is 0 Å². The number of aromatic hydroxyl groups is 1. The number of nitrogens with zero attached hydrogens (tertiary/aromatic N) is 1. The average Bonchev–Trinajstić information content (AvgIpc) is 2.57. The third-order valence-corrected chi connectivity index (χ3v) is 3.95. The van der Waals surface area contributed by atoms with Gasteiger partial charge in [0.2, 0.25) is 5.75 Å². The Kier molecular flexibility index (Phi) is 5.61. The van der Waals surface area contributed by atoms with Crippen LogP contribution < -0.4 is 14.8 Å². The third-order valence-electron chi connectivity index (χ3n) is 3.95. The first kappa shape index (κ1) is 17.7. The minimum absolute atomic E-state index is 0.0493. The zero-order valence-corrected chi connectivity index (χ0v) is 13.2. The summed E-state index contributed by atoms with van der Waals surface area (Å²) in [5.74, 6) is -3.49. The van der Waals surface area contributed by atoms with E-state index < -0.39 is 18.6 Å². The predicted molar refractivity (Wildman–Crippen MR) is 80.4 cm³/mol. The molecule has 23 heavy (non-hydrogen) atoms. The van der Waals surface area contributed by atoms with Gasteiger partial charge >= 0.3 is 0 Å². The molecule has 0 radical (unpaired) electrons. The van der Waals surface area contributed by atoms with Gasteiger partial charge in [0.05, 0.1) is 14.2 Å². The van der Waals surface area contributed by atoms with Gasteiger partial charge in [0.1, 0.15) is 12.6 Å². The molecule has 1 saturated heterocycles. The van der Waals surface area contributed by atoms with Gasteiger partial charge in [0.25, 0.3) is 5.92 Å². The maximum atomic E-state index is 14.4. The van der Waals surface area contributed by atoms with Crippen molar-refractivity contribution in [2.45, 2.75) is 12.0 Å². The lowest BCUT2D eigenvalue weighted by atomic mass is 9.97. The number of halogens is 2. The highest BCUT2D eigenvalue weighted by atomic mass is 19.3. The SMILES string of the molecule is COc1cc([C@H](N2CCNCC2)C(F)(F)CO)cc(OC)c1O. The van der Waals surface area contributed by atoms with E-state index in [-0.39, 0.29) is 22.8 Å². The molecule has 1 aliphatic rings. The van der Waals surface area contributed by atoms with Gasteiger partial charge in [-0.25, -0.2) is 8.78 Å². The highest BCUT2D eigenvalue weighted by Crippen LogP contribution is 2.44. The van der Waals surface area contributed by atoms with Crippen LogP contribution in [0.25, 0.3) is 0 Å². The van der Waals surface area contributed by atoms with E-state index in [9.17, 15) is 13.9 Å². The van der Waals surface area contributed by atoms with Crippen LogP contribution in [0.3, 0.4) is 0 Å². The molecule has 2 rings (SSSR count). The van der Waals surface area contributed by atoms with Crippen LogP contribution in [-0.4, -0.2) is 68.0 Å². The van der Waals surface area contributed by atoms with Crippen molar-refractivity contribution in [1.82, 2.24) is 10.2 Å². The quantitative estimate of drug-likeness (QED) is 0.721. The number of aliphatic hydroxyl groups is 1.